The van der Waals surface area contributed by atoms with Gasteiger partial charge in [-0.2, -0.15) is 0 Å². The fourth-order valence-electron chi connectivity index (χ4n) is 1.33. The van der Waals surface area contributed by atoms with E-state index in [0.29, 0.717) is 0 Å². The van der Waals surface area contributed by atoms with Crippen molar-refractivity contribution in [1.82, 2.24) is 4.90 Å². The molecule has 16 heavy (non-hydrogen) atoms. The van der Waals surface area contributed by atoms with Crippen LogP contribution in [0, 0.1) is 0 Å². The second kappa shape index (κ2) is 8.82. The van der Waals surface area contributed by atoms with Gasteiger partial charge in [0.05, 0.1) is 18.5 Å². The van der Waals surface area contributed by atoms with Crippen molar-refractivity contribution in [2.24, 2.45) is 34.4 Å². The molecule has 7 nitrogen and oxygen atoms in total. The van der Waals surface area contributed by atoms with Crippen molar-refractivity contribution < 1.29 is 0 Å². The molecule has 0 spiro atoms. The van der Waals surface area contributed by atoms with E-state index in [9.17, 15) is 0 Å². The van der Waals surface area contributed by atoms with E-state index in [2.05, 4.69) is 4.90 Å². The lowest BCUT2D eigenvalue weighted by atomic mass is 10.2. The van der Waals surface area contributed by atoms with Gasteiger partial charge in [0.25, 0.3) is 0 Å². The van der Waals surface area contributed by atoms with Gasteiger partial charge in [-0.25, -0.2) is 0 Å². The lowest BCUT2D eigenvalue weighted by molar-refractivity contribution is 0.245. The van der Waals surface area contributed by atoms with Crippen molar-refractivity contribution in [3.63, 3.8) is 0 Å². The van der Waals surface area contributed by atoms with Crippen LogP contribution >= 0.6 is 0 Å². The van der Waals surface area contributed by atoms with Crippen LogP contribution < -0.4 is 34.4 Å². The second-order valence-corrected chi connectivity index (χ2v) is 4.20. The highest BCUT2D eigenvalue weighted by Crippen LogP contribution is 1.98. The molecule has 0 unspecified atom stereocenters. The zero-order valence-electron chi connectivity index (χ0n) is 9.89. The van der Waals surface area contributed by atoms with Gasteiger partial charge in [-0.3, -0.25) is 0 Å². The predicted molar refractivity (Wildman–Crippen MR) is 66.8 cm³/mol. The Morgan fingerprint density at radius 2 is 0.812 bits per heavy atom. The fourth-order valence-corrected chi connectivity index (χ4v) is 1.33. The summed E-state index contributed by atoms with van der Waals surface area (Å²) in [4.78, 5) is 2.19. The minimum absolute atomic E-state index is 0.291. The van der Waals surface area contributed by atoms with Crippen molar-refractivity contribution in [3.8, 4) is 0 Å². The van der Waals surface area contributed by atoms with Gasteiger partial charge < -0.3 is 39.3 Å². The summed E-state index contributed by atoms with van der Waals surface area (Å²) in [5, 5.41) is 0. The van der Waals surface area contributed by atoms with E-state index in [1.807, 2.05) is 0 Å². The van der Waals surface area contributed by atoms with Crippen molar-refractivity contribution in [3.05, 3.63) is 0 Å². The van der Waals surface area contributed by atoms with Gasteiger partial charge in [0.1, 0.15) is 0 Å². The Morgan fingerprint density at radius 1 is 0.562 bits per heavy atom. The molecule has 0 fully saturated rings. The number of nitrogens with zero attached hydrogens (tertiary/aromatic N) is 1. The Bertz CT molecular complexity index is 131. The van der Waals surface area contributed by atoms with Crippen LogP contribution in [0.5, 0.6) is 0 Å². The maximum Gasteiger partial charge on any atom is 0.0533 e. The Kier molecular flexibility index (Phi) is 8.67. The van der Waals surface area contributed by atoms with Crippen LogP contribution in [0.4, 0.5) is 0 Å². The van der Waals surface area contributed by atoms with E-state index in [1.54, 1.807) is 0 Å². The lowest BCUT2D eigenvalue weighted by Gasteiger charge is -2.24. The molecular formula is C9H27N7. The molecule has 0 rings (SSSR count). The summed E-state index contributed by atoms with van der Waals surface area (Å²) in [7, 11) is 0. The van der Waals surface area contributed by atoms with E-state index in [4.69, 9.17) is 34.4 Å². The van der Waals surface area contributed by atoms with Crippen LogP contribution in [0.25, 0.3) is 0 Å². The summed E-state index contributed by atoms with van der Waals surface area (Å²) in [5.41, 5.74) is 33.0. The van der Waals surface area contributed by atoms with Crippen LogP contribution in [-0.4, -0.2) is 43.0 Å². The summed E-state index contributed by atoms with van der Waals surface area (Å²) >= 11 is 0. The average molecular weight is 233 g/mol. The number of rotatable bonds is 9. The van der Waals surface area contributed by atoms with Gasteiger partial charge in [0, 0.05) is 19.6 Å². The third-order valence-electron chi connectivity index (χ3n) is 2.34. The van der Waals surface area contributed by atoms with Crippen LogP contribution in [0.2, 0.25) is 0 Å². The van der Waals surface area contributed by atoms with Crippen LogP contribution in [0.3, 0.4) is 0 Å². The first-order valence-corrected chi connectivity index (χ1v) is 5.67. The van der Waals surface area contributed by atoms with E-state index in [1.165, 1.54) is 0 Å². The summed E-state index contributed by atoms with van der Waals surface area (Å²) in [6.45, 7) is 2.45. The molecule has 0 aliphatic heterocycles. The maximum absolute atomic E-state index is 5.50. The highest BCUT2D eigenvalue weighted by atomic mass is 15.1. The van der Waals surface area contributed by atoms with Crippen molar-refractivity contribution in [2.75, 3.05) is 19.6 Å². The molecule has 0 aliphatic carbocycles. The van der Waals surface area contributed by atoms with E-state index in [0.717, 1.165) is 38.9 Å². The first kappa shape index (κ1) is 15.7. The standard InChI is InChI=1S/C9H27N7/c10-7(11)1-4-16(5-2-8(12)13)6-3-9(14)15/h7-9H,1-6,10-15H2. The monoisotopic (exact) mass is 233 g/mol. The molecule has 0 aromatic carbocycles. The van der Waals surface area contributed by atoms with Gasteiger partial charge in [-0.05, 0) is 19.3 Å². The summed E-state index contributed by atoms with van der Waals surface area (Å²) in [6, 6.07) is 0. The topological polar surface area (TPSA) is 159 Å². The zero-order valence-corrected chi connectivity index (χ0v) is 9.89. The molecule has 0 aromatic heterocycles. The largest absolute Gasteiger partial charge is 0.316 e. The van der Waals surface area contributed by atoms with Crippen LogP contribution in [0.15, 0.2) is 0 Å². The average Bonchev–Trinajstić information content (AvgIpc) is 2.15. The fraction of sp³-hybridized carbons (Fsp3) is 1.00. The number of hydrogen-bond donors (Lipinski definition) is 6. The highest BCUT2D eigenvalue weighted by Gasteiger charge is 2.08. The first-order chi connectivity index (χ1) is 7.41. The van der Waals surface area contributed by atoms with Crippen molar-refractivity contribution in [2.45, 2.75) is 37.8 Å². The summed E-state index contributed by atoms with van der Waals surface area (Å²) in [5.74, 6) is 0. The number of hydrogen-bond acceptors (Lipinski definition) is 7. The van der Waals surface area contributed by atoms with E-state index >= 15 is 0 Å². The van der Waals surface area contributed by atoms with Crippen molar-refractivity contribution >= 4 is 0 Å². The molecule has 0 aliphatic rings. The molecule has 98 valence electrons. The second-order valence-electron chi connectivity index (χ2n) is 4.20. The number of nitrogens with two attached hydrogens (primary N) is 6. The quantitative estimate of drug-likeness (QED) is 0.234. The highest BCUT2D eigenvalue weighted by molar-refractivity contribution is 4.66. The third kappa shape index (κ3) is 10.2. The van der Waals surface area contributed by atoms with Crippen molar-refractivity contribution in [1.29, 1.82) is 0 Å². The van der Waals surface area contributed by atoms with Gasteiger partial charge in [-0.1, -0.05) is 0 Å². The minimum atomic E-state index is -0.291. The SMILES string of the molecule is NC(N)CCN(CCC(N)N)CCC(N)N. The van der Waals surface area contributed by atoms with E-state index < -0.39 is 0 Å². The molecule has 0 atom stereocenters. The Hall–Kier alpha value is -0.280. The summed E-state index contributed by atoms with van der Waals surface area (Å²) < 4.78 is 0. The Labute approximate surface area is 97.5 Å². The zero-order chi connectivity index (χ0) is 12.6. The predicted octanol–water partition coefficient (Wildman–Crippen LogP) is -2.81. The molecule has 0 aromatic rings. The molecule has 0 bridgehead atoms. The van der Waals surface area contributed by atoms with Crippen LogP contribution in [-0.2, 0) is 0 Å². The molecule has 0 amide bonds. The van der Waals surface area contributed by atoms with Gasteiger partial charge in [0.2, 0.25) is 0 Å². The first-order valence-electron chi connectivity index (χ1n) is 5.67. The Morgan fingerprint density at radius 3 is 1.00 bits per heavy atom. The normalized spacial score (nSPS) is 12.4. The Balaban J connectivity index is 3.85. The van der Waals surface area contributed by atoms with Gasteiger partial charge in [0.15, 0.2) is 0 Å². The van der Waals surface area contributed by atoms with Crippen LogP contribution in [0.1, 0.15) is 19.3 Å². The third-order valence-corrected chi connectivity index (χ3v) is 2.34. The van der Waals surface area contributed by atoms with E-state index in [-0.39, 0.29) is 18.5 Å². The minimum Gasteiger partial charge on any atom is -0.316 e. The molecule has 7 heteroatoms. The molecule has 0 saturated carbocycles. The molecule has 0 radical (unpaired) electrons. The molecule has 12 N–H and O–H groups in total. The lowest BCUT2D eigenvalue weighted by Crippen LogP contribution is -2.41. The molecule has 0 heterocycles. The molecule has 0 saturated heterocycles. The maximum atomic E-state index is 5.50. The summed E-state index contributed by atoms with van der Waals surface area (Å²) in [6.07, 6.45) is 1.33. The smallest absolute Gasteiger partial charge is 0.0533 e. The van der Waals surface area contributed by atoms with Gasteiger partial charge >= 0.3 is 0 Å². The molecular weight excluding hydrogens is 206 g/mol. The van der Waals surface area contributed by atoms with Gasteiger partial charge in [-0.15, -0.1) is 0 Å².